The van der Waals surface area contributed by atoms with Gasteiger partial charge in [0.25, 0.3) is 5.91 Å². The Kier molecular flexibility index (Phi) is 4.87. The highest BCUT2D eigenvalue weighted by Gasteiger charge is 2.15. The number of carbonyl (C=O) groups excluding carboxylic acids is 1. The van der Waals surface area contributed by atoms with Crippen molar-refractivity contribution >= 4 is 27.6 Å². The number of aliphatic carboxylic acids is 1. The van der Waals surface area contributed by atoms with Crippen LogP contribution in [0.25, 0.3) is 0 Å². The number of benzene rings is 1. The largest absolute Gasteiger partial charge is 0.480 e. The minimum absolute atomic E-state index is 0.203. The molecule has 1 aromatic rings. The molecule has 8 heteroatoms. The van der Waals surface area contributed by atoms with Crippen LogP contribution in [0.2, 0.25) is 0 Å². The molecule has 0 aliphatic carbocycles. The fraction of sp³-hybridized carbons (Fsp3) is 0.273. The summed E-state index contributed by atoms with van der Waals surface area (Å²) >= 11 is 0. The van der Waals surface area contributed by atoms with Gasteiger partial charge < -0.3 is 10.4 Å². The highest BCUT2D eigenvalue weighted by molar-refractivity contribution is 7.93. The van der Waals surface area contributed by atoms with Gasteiger partial charge in [-0.25, -0.2) is 8.42 Å². The molecular weight excluding hydrogens is 272 g/mol. The number of amides is 1. The van der Waals surface area contributed by atoms with Crippen LogP contribution in [0.5, 0.6) is 0 Å². The third-order valence-electron chi connectivity index (χ3n) is 2.07. The lowest BCUT2D eigenvalue weighted by molar-refractivity contribution is -0.134. The van der Waals surface area contributed by atoms with E-state index in [1.165, 1.54) is 24.3 Å². The van der Waals surface area contributed by atoms with Crippen LogP contribution < -0.4 is 10.0 Å². The molecule has 0 aromatic heterocycles. The second-order valence-electron chi connectivity index (χ2n) is 3.69. The fourth-order valence-corrected chi connectivity index (χ4v) is 2.22. The van der Waals surface area contributed by atoms with Crippen LogP contribution in [-0.4, -0.2) is 37.7 Å². The Morgan fingerprint density at radius 2 is 1.79 bits per heavy atom. The maximum Gasteiger partial charge on any atom is 0.320 e. The lowest BCUT2D eigenvalue weighted by atomic mass is 10.2. The molecule has 7 nitrogen and oxygen atoms in total. The van der Waals surface area contributed by atoms with Gasteiger partial charge in [-0.05, 0) is 31.2 Å². The van der Waals surface area contributed by atoms with Crippen LogP contribution in [0, 0.1) is 0 Å². The van der Waals surface area contributed by atoms with Crippen LogP contribution in [0.4, 0.5) is 5.69 Å². The van der Waals surface area contributed by atoms with Crippen molar-refractivity contribution in [3.63, 3.8) is 0 Å². The Morgan fingerprint density at radius 1 is 1.21 bits per heavy atom. The van der Waals surface area contributed by atoms with E-state index in [-0.39, 0.29) is 11.6 Å². The summed E-state index contributed by atoms with van der Waals surface area (Å²) in [5.74, 6) is -2.71. The molecule has 1 amide bonds. The first-order chi connectivity index (χ1) is 8.84. The zero-order valence-corrected chi connectivity index (χ0v) is 11.0. The van der Waals surface area contributed by atoms with E-state index in [2.05, 4.69) is 10.0 Å². The molecule has 19 heavy (non-hydrogen) atoms. The molecule has 0 unspecified atom stereocenters. The number of nitrogens with one attached hydrogen (secondary N) is 2. The molecule has 0 heterocycles. The van der Waals surface area contributed by atoms with Crippen LogP contribution in [0.3, 0.4) is 0 Å². The molecular formula is C11H14N2O5S. The Balaban J connectivity index is 2.77. The molecule has 0 spiro atoms. The predicted molar refractivity (Wildman–Crippen MR) is 69.5 cm³/mol. The van der Waals surface area contributed by atoms with E-state index in [0.29, 0.717) is 12.1 Å². The molecule has 0 fully saturated rings. The number of rotatable bonds is 6. The molecule has 0 atom stereocenters. The first kappa shape index (κ1) is 15.0. The predicted octanol–water partition coefficient (Wildman–Crippen LogP) is 0.263. The van der Waals surface area contributed by atoms with Crippen LogP contribution >= 0.6 is 0 Å². The molecule has 0 saturated heterocycles. The van der Waals surface area contributed by atoms with Gasteiger partial charge in [-0.15, -0.1) is 0 Å². The fourth-order valence-electron chi connectivity index (χ4n) is 1.33. The van der Waals surface area contributed by atoms with E-state index in [1.54, 1.807) is 6.92 Å². The molecule has 104 valence electrons. The third-order valence-corrected chi connectivity index (χ3v) is 3.24. The van der Waals surface area contributed by atoms with Crippen molar-refractivity contribution in [3.8, 4) is 0 Å². The Morgan fingerprint density at radius 3 is 2.26 bits per heavy atom. The van der Waals surface area contributed by atoms with Gasteiger partial charge in [-0.1, -0.05) is 0 Å². The first-order valence-corrected chi connectivity index (χ1v) is 7.10. The summed E-state index contributed by atoms with van der Waals surface area (Å²) in [6, 6.07) is 5.68. The first-order valence-electron chi connectivity index (χ1n) is 5.44. The van der Waals surface area contributed by atoms with E-state index < -0.39 is 21.7 Å². The van der Waals surface area contributed by atoms with Crippen molar-refractivity contribution in [1.29, 1.82) is 0 Å². The monoisotopic (exact) mass is 286 g/mol. The maximum absolute atomic E-state index is 11.5. The number of sulfonamides is 1. The van der Waals surface area contributed by atoms with Crippen molar-refractivity contribution in [2.75, 3.05) is 17.0 Å². The molecule has 0 bridgehead atoms. The molecule has 1 rings (SSSR count). The van der Waals surface area contributed by atoms with E-state index >= 15 is 0 Å². The smallest absolute Gasteiger partial charge is 0.320 e. The minimum Gasteiger partial charge on any atom is -0.480 e. The van der Waals surface area contributed by atoms with Gasteiger partial charge in [0.2, 0.25) is 10.0 Å². The van der Waals surface area contributed by atoms with Crippen LogP contribution in [0.1, 0.15) is 17.3 Å². The van der Waals surface area contributed by atoms with Gasteiger partial charge in [0, 0.05) is 17.8 Å². The van der Waals surface area contributed by atoms with Crippen molar-refractivity contribution < 1.29 is 23.1 Å². The molecule has 1 aromatic carbocycles. The number of carboxylic acid groups (broad SMARTS) is 1. The highest BCUT2D eigenvalue weighted by atomic mass is 32.2. The lowest BCUT2D eigenvalue weighted by Gasteiger charge is -2.07. The summed E-state index contributed by atoms with van der Waals surface area (Å²) < 4.78 is 24.8. The zero-order valence-electron chi connectivity index (χ0n) is 10.2. The Labute approximate surface area is 110 Å². The maximum atomic E-state index is 11.5. The number of carbonyl (C=O) groups is 2. The normalized spacial score (nSPS) is 10.8. The quantitative estimate of drug-likeness (QED) is 0.694. The van der Waals surface area contributed by atoms with E-state index in [1.807, 2.05) is 0 Å². The standard InChI is InChI=1S/C11H14N2O5S/c1-2-12-11(16)8-3-5-9(6-4-8)13-19(17,18)7-10(14)15/h3-6,13H,2,7H2,1H3,(H,12,16)(H,14,15). The van der Waals surface area contributed by atoms with Gasteiger partial charge in [0.1, 0.15) is 0 Å². The molecule has 3 N–H and O–H groups in total. The van der Waals surface area contributed by atoms with Crippen molar-refractivity contribution in [2.45, 2.75) is 6.92 Å². The van der Waals surface area contributed by atoms with E-state index in [0.717, 1.165) is 0 Å². The number of carboxylic acids is 1. The van der Waals surface area contributed by atoms with E-state index in [9.17, 15) is 18.0 Å². The lowest BCUT2D eigenvalue weighted by Crippen LogP contribution is -2.23. The summed E-state index contributed by atoms with van der Waals surface area (Å²) in [4.78, 5) is 21.8. The average molecular weight is 286 g/mol. The minimum atomic E-state index is -3.93. The second kappa shape index (κ2) is 6.19. The van der Waals surface area contributed by atoms with Crippen LogP contribution in [-0.2, 0) is 14.8 Å². The third kappa shape index (κ3) is 4.96. The highest BCUT2D eigenvalue weighted by Crippen LogP contribution is 2.11. The van der Waals surface area contributed by atoms with E-state index in [4.69, 9.17) is 5.11 Å². The van der Waals surface area contributed by atoms with Crippen molar-refractivity contribution in [2.24, 2.45) is 0 Å². The summed E-state index contributed by atoms with van der Waals surface area (Å²) in [5, 5.41) is 11.0. The number of anilines is 1. The number of hydrogen-bond acceptors (Lipinski definition) is 4. The van der Waals surface area contributed by atoms with Gasteiger partial charge >= 0.3 is 5.97 Å². The van der Waals surface area contributed by atoms with Gasteiger partial charge in [-0.2, -0.15) is 0 Å². The second-order valence-corrected chi connectivity index (χ2v) is 5.41. The SMILES string of the molecule is CCNC(=O)c1ccc(NS(=O)(=O)CC(=O)O)cc1. The summed E-state index contributed by atoms with van der Waals surface area (Å²) in [7, 11) is -3.93. The van der Waals surface area contributed by atoms with Crippen LogP contribution in [0.15, 0.2) is 24.3 Å². The van der Waals surface area contributed by atoms with Gasteiger partial charge in [0.05, 0.1) is 0 Å². The zero-order chi connectivity index (χ0) is 14.5. The molecule has 0 aliphatic rings. The van der Waals surface area contributed by atoms with Crippen molar-refractivity contribution in [1.82, 2.24) is 5.32 Å². The topological polar surface area (TPSA) is 113 Å². The summed E-state index contributed by atoms with van der Waals surface area (Å²) in [5.41, 5.74) is 0.595. The molecule has 0 saturated carbocycles. The van der Waals surface area contributed by atoms with Gasteiger partial charge in [-0.3, -0.25) is 14.3 Å². The summed E-state index contributed by atoms with van der Waals surface area (Å²) in [6.45, 7) is 2.28. The molecule has 0 radical (unpaired) electrons. The summed E-state index contributed by atoms with van der Waals surface area (Å²) in [6.07, 6.45) is 0. The average Bonchev–Trinajstić information content (AvgIpc) is 2.27. The number of hydrogen-bond donors (Lipinski definition) is 3. The van der Waals surface area contributed by atoms with Crippen molar-refractivity contribution in [3.05, 3.63) is 29.8 Å². The van der Waals surface area contributed by atoms with Gasteiger partial charge in [0.15, 0.2) is 5.75 Å². The Hall–Kier alpha value is -2.09. The molecule has 0 aliphatic heterocycles. The Bertz CT molecular complexity index is 565.